The Balaban J connectivity index is 3.77. The van der Waals surface area contributed by atoms with Crippen LogP contribution in [0.4, 0.5) is 0 Å². The van der Waals surface area contributed by atoms with Crippen LogP contribution in [0.25, 0.3) is 0 Å². The minimum absolute atomic E-state index is 0.0705. The van der Waals surface area contributed by atoms with Gasteiger partial charge in [-0.3, -0.25) is 0 Å². The second kappa shape index (κ2) is 10.6. The molecule has 0 aliphatic carbocycles. The van der Waals surface area contributed by atoms with E-state index in [9.17, 15) is 0 Å². The lowest BCUT2D eigenvalue weighted by Gasteiger charge is -2.26. The zero-order chi connectivity index (χ0) is 14.7. The monoisotopic (exact) mass is 273 g/mol. The van der Waals surface area contributed by atoms with Crippen molar-refractivity contribution in [1.82, 2.24) is 9.80 Å². The number of rotatable bonds is 12. The van der Waals surface area contributed by atoms with Gasteiger partial charge in [-0.1, -0.05) is 20.8 Å². The minimum atomic E-state index is -0.416. The molecule has 0 aromatic heterocycles. The Bertz CT molecular complexity index is 206. The molecule has 0 spiro atoms. The van der Waals surface area contributed by atoms with E-state index in [0.717, 1.165) is 45.6 Å². The molecule has 0 aromatic rings. The molecular formula is C15H35N3O. The predicted molar refractivity (Wildman–Crippen MR) is 83.4 cm³/mol. The largest absolute Gasteiger partial charge is 0.394 e. The molecular weight excluding hydrogens is 238 g/mol. The SMILES string of the molecule is CCN(CC)CCCN(CC)CCCC(C)(N)CO. The normalized spacial score (nSPS) is 15.2. The van der Waals surface area contributed by atoms with Gasteiger partial charge in [0.1, 0.15) is 0 Å². The molecule has 4 heteroatoms. The van der Waals surface area contributed by atoms with E-state index in [2.05, 4.69) is 30.6 Å². The highest BCUT2D eigenvalue weighted by Crippen LogP contribution is 2.08. The van der Waals surface area contributed by atoms with E-state index in [1.54, 1.807) is 0 Å². The van der Waals surface area contributed by atoms with Crippen molar-refractivity contribution in [1.29, 1.82) is 0 Å². The lowest BCUT2D eigenvalue weighted by molar-refractivity contribution is 0.186. The summed E-state index contributed by atoms with van der Waals surface area (Å²) in [4.78, 5) is 4.95. The maximum atomic E-state index is 9.13. The van der Waals surface area contributed by atoms with Gasteiger partial charge < -0.3 is 20.6 Å². The number of aliphatic hydroxyl groups is 1. The van der Waals surface area contributed by atoms with E-state index in [0.29, 0.717) is 0 Å². The smallest absolute Gasteiger partial charge is 0.0608 e. The second-order valence-corrected chi connectivity index (χ2v) is 5.73. The summed E-state index contributed by atoms with van der Waals surface area (Å²) in [6.45, 7) is 15.5. The van der Waals surface area contributed by atoms with Gasteiger partial charge >= 0.3 is 0 Å². The van der Waals surface area contributed by atoms with Gasteiger partial charge in [-0.15, -0.1) is 0 Å². The average Bonchev–Trinajstić information content (AvgIpc) is 2.41. The zero-order valence-electron chi connectivity index (χ0n) is 13.5. The van der Waals surface area contributed by atoms with Gasteiger partial charge in [0.2, 0.25) is 0 Å². The molecule has 0 aromatic carbocycles. The van der Waals surface area contributed by atoms with Gasteiger partial charge in [0.15, 0.2) is 0 Å². The molecule has 0 aliphatic rings. The van der Waals surface area contributed by atoms with Crippen LogP contribution in [0.1, 0.15) is 47.0 Å². The molecule has 0 rings (SSSR count). The van der Waals surface area contributed by atoms with Gasteiger partial charge in [-0.2, -0.15) is 0 Å². The molecule has 19 heavy (non-hydrogen) atoms. The Morgan fingerprint density at radius 3 is 1.84 bits per heavy atom. The van der Waals surface area contributed by atoms with Gasteiger partial charge in [-0.05, 0) is 65.5 Å². The third-order valence-electron chi connectivity index (χ3n) is 3.87. The summed E-state index contributed by atoms with van der Waals surface area (Å²) < 4.78 is 0. The summed E-state index contributed by atoms with van der Waals surface area (Å²) in [5, 5.41) is 9.13. The molecule has 0 bridgehead atoms. The van der Waals surface area contributed by atoms with Gasteiger partial charge in [0.25, 0.3) is 0 Å². The fraction of sp³-hybridized carbons (Fsp3) is 1.00. The first-order valence-corrected chi connectivity index (χ1v) is 7.83. The maximum Gasteiger partial charge on any atom is 0.0608 e. The summed E-state index contributed by atoms with van der Waals surface area (Å²) in [6, 6.07) is 0. The van der Waals surface area contributed by atoms with Gasteiger partial charge in [0, 0.05) is 5.54 Å². The third-order valence-corrected chi connectivity index (χ3v) is 3.87. The summed E-state index contributed by atoms with van der Waals surface area (Å²) in [6.07, 6.45) is 3.18. The van der Waals surface area contributed by atoms with E-state index in [4.69, 9.17) is 10.8 Å². The topological polar surface area (TPSA) is 52.7 Å². The van der Waals surface area contributed by atoms with Crippen molar-refractivity contribution >= 4 is 0 Å². The van der Waals surface area contributed by atoms with E-state index in [-0.39, 0.29) is 6.61 Å². The molecule has 3 N–H and O–H groups in total. The average molecular weight is 273 g/mol. The highest BCUT2D eigenvalue weighted by atomic mass is 16.3. The van der Waals surface area contributed by atoms with Crippen LogP contribution >= 0.6 is 0 Å². The Morgan fingerprint density at radius 2 is 1.37 bits per heavy atom. The molecule has 0 saturated heterocycles. The van der Waals surface area contributed by atoms with Crippen LogP contribution in [0, 0.1) is 0 Å². The second-order valence-electron chi connectivity index (χ2n) is 5.73. The van der Waals surface area contributed by atoms with E-state index in [1.807, 2.05) is 6.92 Å². The van der Waals surface area contributed by atoms with Crippen LogP contribution in [0.3, 0.4) is 0 Å². The molecule has 0 radical (unpaired) electrons. The Morgan fingerprint density at radius 1 is 0.895 bits per heavy atom. The summed E-state index contributed by atoms with van der Waals surface area (Å²) in [5.74, 6) is 0. The minimum Gasteiger partial charge on any atom is -0.394 e. The number of aliphatic hydroxyl groups excluding tert-OH is 1. The van der Waals surface area contributed by atoms with Crippen LogP contribution in [0.2, 0.25) is 0 Å². The van der Waals surface area contributed by atoms with Crippen molar-refractivity contribution in [3.63, 3.8) is 0 Å². The molecule has 0 amide bonds. The number of nitrogens with two attached hydrogens (primary N) is 1. The molecule has 0 fully saturated rings. The first-order valence-electron chi connectivity index (χ1n) is 7.83. The molecule has 4 nitrogen and oxygen atoms in total. The van der Waals surface area contributed by atoms with Crippen LogP contribution in [-0.4, -0.2) is 66.3 Å². The highest BCUT2D eigenvalue weighted by Gasteiger charge is 2.16. The lowest BCUT2D eigenvalue weighted by atomic mass is 9.98. The predicted octanol–water partition coefficient (Wildman–Crippen LogP) is 1.53. The van der Waals surface area contributed by atoms with Crippen molar-refractivity contribution in [3.8, 4) is 0 Å². The summed E-state index contributed by atoms with van der Waals surface area (Å²) in [5.41, 5.74) is 5.53. The number of hydrogen-bond donors (Lipinski definition) is 2. The zero-order valence-corrected chi connectivity index (χ0v) is 13.5. The van der Waals surface area contributed by atoms with Crippen molar-refractivity contribution in [3.05, 3.63) is 0 Å². The number of nitrogens with zero attached hydrogens (tertiary/aromatic N) is 2. The van der Waals surface area contributed by atoms with Crippen LogP contribution in [0.15, 0.2) is 0 Å². The Hall–Kier alpha value is -0.160. The molecule has 1 atom stereocenters. The fourth-order valence-corrected chi connectivity index (χ4v) is 2.27. The van der Waals surface area contributed by atoms with Crippen molar-refractivity contribution < 1.29 is 5.11 Å². The quantitative estimate of drug-likeness (QED) is 0.566. The van der Waals surface area contributed by atoms with Crippen LogP contribution in [-0.2, 0) is 0 Å². The standard InChI is InChI=1S/C15H35N3O/c1-5-17(6-2)12-9-13-18(7-3)11-8-10-15(4,16)14-19/h19H,5-14,16H2,1-4H3. The highest BCUT2D eigenvalue weighted by molar-refractivity contribution is 4.77. The summed E-state index contributed by atoms with van der Waals surface area (Å²) >= 11 is 0. The molecule has 116 valence electrons. The van der Waals surface area contributed by atoms with Crippen LogP contribution < -0.4 is 5.73 Å². The lowest BCUT2D eigenvalue weighted by Crippen LogP contribution is -2.41. The first kappa shape index (κ1) is 18.8. The van der Waals surface area contributed by atoms with E-state index in [1.165, 1.54) is 13.0 Å². The molecule has 0 heterocycles. The fourth-order valence-electron chi connectivity index (χ4n) is 2.27. The first-order chi connectivity index (χ1) is 8.99. The molecule has 0 saturated carbocycles. The number of hydrogen-bond acceptors (Lipinski definition) is 4. The Labute approximate surface area is 120 Å². The van der Waals surface area contributed by atoms with E-state index >= 15 is 0 Å². The molecule has 0 aliphatic heterocycles. The third kappa shape index (κ3) is 9.38. The van der Waals surface area contributed by atoms with Crippen LogP contribution in [0.5, 0.6) is 0 Å². The molecule has 1 unspecified atom stereocenters. The van der Waals surface area contributed by atoms with Crippen molar-refractivity contribution in [2.45, 2.75) is 52.5 Å². The van der Waals surface area contributed by atoms with E-state index < -0.39 is 5.54 Å². The van der Waals surface area contributed by atoms with Gasteiger partial charge in [-0.25, -0.2) is 0 Å². The van der Waals surface area contributed by atoms with Crippen molar-refractivity contribution in [2.24, 2.45) is 5.73 Å². The summed E-state index contributed by atoms with van der Waals surface area (Å²) in [7, 11) is 0. The van der Waals surface area contributed by atoms with Crippen molar-refractivity contribution in [2.75, 3.05) is 45.9 Å². The van der Waals surface area contributed by atoms with Gasteiger partial charge in [0.05, 0.1) is 6.61 Å². The Kier molecular flexibility index (Phi) is 10.5. The maximum absolute atomic E-state index is 9.13.